The molecule has 0 unspecified atom stereocenters. The molecule has 0 saturated carbocycles. The fourth-order valence-electron chi connectivity index (χ4n) is 3.28. The van der Waals surface area contributed by atoms with Crippen LogP contribution in [-0.4, -0.2) is 43.2 Å². The van der Waals surface area contributed by atoms with Gasteiger partial charge in [-0.15, -0.1) is 0 Å². The fourth-order valence-corrected chi connectivity index (χ4v) is 3.28. The van der Waals surface area contributed by atoms with Gasteiger partial charge in [-0.2, -0.15) is 0 Å². The van der Waals surface area contributed by atoms with E-state index in [2.05, 4.69) is 4.74 Å². The molecule has 0 fully saturated rings. The molecule has 1 N–H and O–H groups in total. The first-order valence-corrected chi connectivity index (χ1v) is 9.73. The third kappa shape index (κ3) is 5.84. The number of carboxylic acids is 1. The molecule has 0 atom stereocenters. The number of methoxy groups -OCH3 is 2. The van der Waals surface area contributed by atoms with Crippen molar-refractivity contribution in [3.8, 4) is 11.5 Å². The molecule has 0 radical (unpaired) electrons. The van der Waals surface area contributed by atoms with Crippen LogP contribution in [-0.2, 0) is 36.9 Å². The lowest BCUT2D eigenvalue weighted by Gasteiger charge is -2.18. The maximum absolute atomic E-state index is 12.4. The van der Waals surface area contributed by atoms with Crippen LogP contribution in [0.2, 0.25) is 0 Å². The first kappa shape index (κ1) is 23.9. The van der Waals surface area contributed by atoms with Crippen LogP contribution in [0.1, 0.15) is 59.7 Å². The van der Waals surface area contributed by atoms with Crippen LogP contribution < -0.4 is 9.47 Å². The molecule has 1 aliphatic rings. The highest BCUT2D eigenvalue weighted by atomic mass is 16.6. The van der Waals surface area contributed by atoms with E-state index in [9.17, 15) is 19.2 Å². The molecular formula is C22H26O9. The minimum Gasteiger partial charge on any atom is -0.496 e. The van der Waals surface area contributed by atoms with Crippen molar-refractivity contribution in [3.63, 3.8) is 0 Å². The average Bonchev–Trinajstić information content (AvgIpc) is 3.12. The maximum Gasteiger partial charge on any atom is 0.342 e. The van der Waals surface area contributed by atoms with E-state index in [-0.39, 0.29) is 43.6 Å². The Labute approximate surface area is 179 Å². The van der Waals surface area contributed by atoms with Crippen LogP contribution >= 0.6 is 0 Å². The van der Waals surface area contributed by atoms with Gasteiger partial charge < -0.3 is 24.1 Å². The third-order valence-electron chi connectivity index (χ3n) is 4.99. The van der Waals surface area contributed by atoms with E-state index < -0.39 is 23.9 Å². The number of aliphatic carboxylic acids is 1. The smallest absolute Gasteiger partial charge is 0.342 e. The molecule has 1 heterocycles. The van der Waals surface area contributed by atoms with Gasteiger partial charge in [0.2, 0.25) is 0 Å². The van der Waals surface area contributed by atoms with Crippen LogP contribution in [0.3, 0.4) is 0 Å². The molecule has 31 heavy (non-hydrogen) atoms. The minimum absolute atomic E-state index is 0.00954. The monoisotopic (exact) mass is 434 g/mol. The summed E-state index contributed by atoms with van der Waals surface area (Å²) in [7, 11) is 2.69. The second-order valence-corrected chi connectivity index (χ2v) is 7.09. The lowest BCUT2D eigenvalue weighted by molar-refractivity contribution is -0.144. The first-order chi connectivity index (χ1) is 14.7. The number of carboxylic acid groups (broad SMARTS) is 1. The number of ether oxygens (including phenoxy) is 4. The Balaban J connectivity index is 2.45. The zero-order valence-corrected chi connectivity index (χ0v) is 18.0. The lowest BCUT2D eigenvalue weighted by atomic mass is 9.94. The summed E-state index contributed by atoms with van der Waals surface area (Å²) in [6.45, 7) is 3.62. The van der Waals surface area contributed by atoms with Gasteiger partial charge in [-0.3, -0.25) is 14.4 Å². The van der Waals surface area contributed by atoms with E-state index in [1.165, 1.54) is 14.2 Å². The van der Waals surface area contributed by atoms with Gasteiger partial charge in [0, 0.05) is 17.5 Å². The molecule has 2 rings (SSSR count). The second kappa shape index (κ2) is 10.6. The molecule has 1 aromatic rings. The number of benzene rings is 1. The highest BCUT2D eigenvalue weighted by molar-refractivity contribution is 5.99. The highest BCUT2D eigenvalue weighted by Gasteiger charge is 2.34. The summed E-state index contributed by atoms with van der Waals surface area (Å²) in [5, 5.41) is 8.86. The Morgan fingerprint density at radius 3 is 2.35 bits per heavy atom. The zero-order valence-electron chi connectivity index (χ0n) is 18.0. The lowest BCUT2D eigenvalue weighted by Crippen LogP contribution is -2.15. The van der Waals surface area contributed by atoms with Crippen molar-refractivity contribution in [1.82, 2.24) is 0 Å². The van der Waals surface area contributed by atoms with Crippen molar-refractivity contribution in [2.24, 2.45) is 0 Å². The van der Waals surface area contributed by atoms with Crippen molar-refractivity contribution in [2.45, 2.75) is 52.6 Å². The maximum atomic E-state index is 12.4. The number of cyclic esters (lactones) is 1. The van der Waals surface area contributed by atoms with Crippen molar-refractivity contribution in [2.75, 3.05) is 14.2 Å². The van der Waals surface area contributed by atoms with E-state index in [1.54, 1.807) is 19.9 Å². The van der Waals surface area contributed by atoms with E-state index in [0.29, 0.717) is 28.9 Å². The second-order valence-electron chi connectivity index (χ2n) is 7.09. The van der Waals surface area contributed by atoms with Gasteiger partial charge in [-0.25, -0.2) is 4.79 Å². The highest BCUT2D eigenvalue weighted by Crippen LogP contribution is 2.43. The summed E-state index contributed by atoms with van der Waals surface area (Å²) in [6.07, 6.45) is 2.02. The predicted octanol–water partition coefficient (Wildman–Crippen LogP) is 2.89. The fraction of sp³-hybridized carbons (Fsp3) is 0.455. The number of carbonyl (C=O) groups is 4. The van der Waals surface area contributed by atoms with Crippen molar-refractivity contribution >= 4 is 23.9 Å². The summed E-state index contributed by atoms with van der Waals surface area (Å²) >= 11 is 0. The van der Waals surface area contributed by atoms with Crippen LogP contribution in [0.4, 0.5) is 0 Å². The summed E-state index contributed by atoms with van der Waals surface area (Å²) in [5.74, 6) is -2.27. The third-order valence-corrected chi connectivity index (χ3v) is 4.99. The largest absolute Gasteiger partial charge is 0.496 e. The number of esters is 3. The molecular weight excluding hydrogens is 408 g/mol. The standard InChI is InChI=1S/C22H26O9/c1-12(6-8-16(23)24)5-7-14-20(29-4)13(2)15-11-30-22(27)19(15)21(14)31-18(26)10-9-17(25)28-3/h5H,6-11H2,1-4H3,(H,23,24). The summed E-state index contributed by atoms with van der Waals surface area (Å²) < 4.78 is 20.8. The average molecular weight is 434 g/mol. The molecule has 1 aromatic carbocycles. The van der Waals surface area contributed by atoms with E-state index in [0.717, 1.165) is 5.57 Å². The summed E-state index contributed by atoms with van der Waals surface area (Å²) in [6, 6.07) is 0. The molecule has 0 aromatic heterocycles. The van der Waals surface area contributed by atoms with Gasteiger partial charge in [0.1, 0.15) is 17.9 Å². The van der Waals surface area contributed by atoms with E-state index >= 15 is 0 Å². The molecule has 0 aliphatic carbocycles. The van der Waals surface area contributed by atoms with Gasteiger partial charge in [-0.1, -0.05) is 11.6 Å². The van der Waals surface area contributed by atoms with Gasteiger partial charge in [0.15, 0.2) is 5.75 Å². The number of rotatable bonds is 10. The first-order valence-electron chi connectivity index (χ1n) is 9.73. The number of hydrogen-bond acceptors (Lipinski definition) is 8. The van der Waals surface area contributed by atoms with E-state index in [4.69, 9.17) is 19.3 Å². The summed E-state index contributed by atoms with van der Waals surface area (Å²) in [5.41, 5.74) is 2.74. The molecule has 9 nitrogen and oxygen atoms in total. The zero-order chi connectivity index (χ0) is 23.1. The van der Waals surface area contributed by atoms with Crippen molar-refractivity contribution in [1.29, 1.82) is 0 Å². The Morgan fingerprint density at radius 1 is 1.06 bits per heavy atom. The van der Waals surface area contributed by atoms with Crippen LogP contribution in [0, 0.1) is 6.92 Å². The number of hydrogen-bond donors (Lipinski definition) is 1. The molecule has 0 spiro atoms. The van der Waals surface area contributed by atoms with Gasteiger partial charge in [-0.05, 0) is 32.3 Å². The number of fused-ring (bicyclic) bond motifs is 1. The molecule has 0 saturated heterocycles. The molecule has 168 valence electrons. The quantitative estimate of drug-likeness (QED) is 0.336. The molecule has 0 bridgehead atoms. The number of carbonyl (C=O) groups excluding carboxylic acids is 3. The van der Waals surface area contributed by atoms with Gasteiger partial charge >= 0.3 is 23.9 Å². The van der Waals surface area contributed by atoms with E-state index in [1.807, 2.05) is 0 Å². The Morgan fingerprint density at radius 2 is 1.74 bits per heavy atom. The Kier molecular flexibility index (Phi) is 8.18. The Hall–Kier alpha value is -3.36. The van der Waals surface area contributed by atoms with Crippen molar-refractivity contribution in [3.05, 3.63) is 33.9 Å². The topological polar surface area (TPSA) is 125 Å². The molecule has 0 amide bonds. The Bertz CT molecular complexity index is 928. The van der Waals surface area contributed by atoms with Crippen molar-refractivity contribution < 1.29 is 43.2 Å². The molecule has 1 aliphatic heterocycles. The minimum atomic E-state index is -0.901. The van der Waals surface area contributed by atoms with Crippen LogP contribution in [0.15, 0.2) is 11.6 Å². The predicted molar refractivity (Wildman–Crippen MR) is 108 cm³/mol. The molecule has 9 heteroatoms. The van der Waals surface area contributed by atoms with Gasteiger partial charge in [0.25, 0.3) is 0 Å². The van der Waals surface area contributed by atoms with Gasteiger partial charge in [0.05, 0.1) is 27.1 Å². The number of allylic oxidation sites excluding steroid dienone is 2. The van der Waals surface area contributed by atoms with Crippen LogP contribution in [0.5, 0.6) is 11.5 Å². The summed E-state index contributed by atoms with van der Waals surface area (Å²) in [4.78, 5) is 46.9. The van der Waals surface area contributed by atoms with Crippen LogP contribution in [0.25, 0.3) is 0 Å². The normalized spacial score (nSPS) is 12.8. The SMILES string of the molecule is COC(=O)CCC(=O)Oc1c(CC=C(C)CCC(=O)O)c(OC)c(C)c2c1C(=O)OC2.